The molecule has 1 heterocycles. The van der Waals surface area contributed by atoms with Crippen LogP contribution in [0.2, 0.25) is 0 Å². The molecule has 0 radical (unpaired) electrons. The fraction of sp³-hybridized carbons (Fsp3) is 0.125. The van der Waals surface area contributed by atoms with Crippen LogP contribution in [-0.2, 0) is 14.8 Å². The lowest BCUT2D eigenvalue weighted by atomic mass is 10.1. The number of amides is 1. The number of aromatic nitrogens is 1. The van der Waals surface area contributed by atoms with Gasteiger partial charge in [0.25, 0.3) is 10.0 Å². The molecule has 5 aromatic rings. The van der Waals surface area contributed by atoms with E-state index in [2.05, 4.69) is 15.0 Å². The minimum Gasteiger partial charge on any atom is -0.494 e. The second-order valence-corrected chi connectivity index (χ2v) is 13.1. The largest absolute Gasteiger partial charge is 0.494 e. The summed E-state index contributed by atoms with van der Waals surface area (Å²) in [6.45, 7) is 4.45. The number of ether oxygens (including phenoxy) is 1. The second kappa shape index (κ2) is 13.2. The number of hydrogen-bond acceptors (Lipinski definition) is 7. The Hall–Kier alpha value is -4.12. The summed E-state index contributed by atoms with van der Waals surface area (Å²) < 4.78 is 33.7. The molecule has 2 N–H and O–H groups in total. The van der Waals surface area contributed by atoms with Crippen LogP contribution in [0.25, 0.3) is 11.3 Å². The zero-order valence-electron chi connectivity index (χ0n) is 23.0. The molecule has 0 fully saturated rings. The predicted octanol–water partition coefficient (Wildman–Crippen LogP) is 7.79. The summed E-state index contributed by atoms with van der Waals surface area (Å²) in [4.78, 5) is 19.2. The van der Waals surface area contributed by atoms with Gasteiger partial charge in [-0.2, -0.15) is 0 Å². The molecule has 0 aliphatic heterocycles. The molecule has 214 valence electrons. The van der Waals surface area contributed by atoms with E-state index in [1.54, 1.807) is 48.5 Å². The van der Waals surface area contributed by atoms with Gasteiger partial charge in [-0.3, -0.25) is 9.52 Å². The fourth-order valence-electron chi connectivity index (χ4n) is 4.09. The van der Waals surface area contributed by atoms with Crippen LogP contribution in [0.1, 0.15) is 23.3 Å². The molecular formula is C32H29N3O4S3. The Labute approximate surface area is 254 Å². The number of carbonyl (C=O) groups excluding carboxylic acids is 1. The Morgan fingerprint density at radius 1 is 0.929 bits per heavy atom. The third-order valence-corrected chi connectivity index (χ3v) is 9.65. The highest BCUT2D eigenvalue weighted by Gasteiger charge is 2.23. The Balaban J connectivity index is 1.29. The van der Waals surface area contributed by atoms with Gasteiger partial charge in [-0.05, 0) is 80.1 Å². The number of thiazole rings is 1. The lowest BCUT2D eigenvalue weighted by Gasteiger charge is -2.16. The van der Waals surface area contributed by atoms with Crippen molar-refractivity contribution in [2.45, 2.75) is 28.9 Å². The first-order chi connectivity index (χ1) is 20.3. The van der Waals surface area contributed by atoms with Crippen molar-refractivity contribution in [2.24, 2.45) is 0 Å². The number of carbonyl (C=O) groups is 1. The van der Waals surface area contributed by atoms with Crippen LogP contribution in [0.3, 0.4) is 0 Å². The standard InChI is InChI=1S/C32H29N3O4S3/c1-3-39-26-15-11-23(12-16-26)29-21-40-32(33-29)34-31(36)30(24-7-5-4-6-8-24)41-27-17-13-25(14-18-27)35-42(37,38)28-19-9-22(2)10-20-28/h4-21,30,35H,3H2,1-2H3,(H,33,34,36). The van der Waals surface area contributed by atoms with Gasteiger partial charge in [-0.1, -0.05) is 48.0 Å². The van der Waals surface area contributed by atoms with Gasteiger partial charge in [0, 0.05) is 21.5 Å². The first-order valence-corrected chi connectivity index (χ1v) is 16.5. The highest BCUT2D eigenvalue weighted by molar-refractivity contribution is 8.00. The van der Waals surface area contributed by atoms with E-state index in [0.717, 1.165) is 33.0 Å². The highest BCUT2D eigenvalue weighted by Crippen LogP contribution is 2.37. The van der Waals surface area contributed by atoms with Crippen LogP contribution in [0.4, 0.5) is 10.8 Å². The van der Waals surface area contributed by atoms with E-state index in [0.29, 0.717) is 17.4 Å². The van der Waals surface area contributed by atoms with Crippen LogP contribution < -0.4 is 14.8 Å². The van der Waals surface area contributed by atoms with Gasteiger partial charge in [-0.25, -0.2) is 13.4 Å². The van der Waals surface area contributed by atoms with Crippen LogP contribution in [0.15, 0.2) is 118 Å². The van der Waals surface area contributed by atoms with Crippen LogP contribution >= 0.6 is 23.1 Å². The summed E-state index contributed by atoms with van der Waals surface area (Å²) in [5, 5.41) is 4.84. The quantitative estimate of drug-likeness (QED) is 0.147. The Morgan fingerprint density at radius 3 is 2.29 bits per heavy atom. The molecule has 0 saturated heterocycles. The van der Waals surface area contributed by atoms with Crippen molar-refractivity contribution in [3.05, 3.63) is 120 Å². The van der Waals surface area contributed by atoms with Gasteiger partial charge in [-0.15, -0.1) is 23.1 Å². The Bertz CT molecular complexity index is 1740. The van der Waals surface area contributed by atoms with Gasteiger partial charge in [0.2, 0.25) is 5.91 Å². The second-order valence-electron chi connectivity index (χ2n) is 9.34. The maximum Gasteiger partial charge on any atom is 0.261 e. The molecule has 10 heteroatoms. The minimum atomic E-state index is -3.71. The van der Waals surface area contributed by atoms with Crippen LogP contribution in [0.5, 0.6) is 5.75 Å². The molecule has 7 nitrogen and oxygen atoms in total. The Morgan fingerprint density at radius 2 is 1.62 bits per heavy atom. The average molecular weight is 616 g/mol. The zero-order valence-corrected chi connectivity index (χ0v) is 25.4. The summed E-state index contributed by atoms with van der Waals surface area (Å²) in [6.07, 6.45) is 0. The normalized spacial score (nSPS) is 12.0. The topological polar surface area (TPSA) is 97.4 Å². The molecule has 1 atom stereocenters. The van der Waals surface area contributed by atoms with Gasteiger partial charge < -0.3 is 10.1 Å². The Kier molecular flexibility index (Phi) is 9.26. The van der Waals surface area contributed by atoms with E-state index in [-0.39, 0.29) is 10.8 Å². The number of benzene rings is 4. The number of rotatable bonds is 11. The number of nitrogens with zero attached hydrogens (tertiary/aromatic N) is 1. The van der Waals surface area contributed by atoms with Crippen molar-refractivity contribution in [1.82, 2.24) is 4.98 Å². The highest BCUT2D eigenvalue weighted by atomic mass is 32.2. The molecule has 0 bridgehead atoms. The molecule has 1 aromatic heterocycles. The van der Waals surface area contributed by atoms with Crippen molar-refractivity contribution in [3.63, 3.8) is 0 Å². The molecule has 0 saturated carbocycles. The number of aryl methyl sites for hydroxylation is 1. The number of nitrogens with one attached hydrogen (secondary N) is 2. The molecule has 42 heavy (non-hydrogen) atoms. The summed E-state index contributed by atoms with van der Waals surface area (Å²) >= 11 is 2.74. The average Bonchev–Trinajstić information content (AvgIpc) is 3.46. The van der Waals surface area contributed by atoms with E-state index in [1.807, 2.05) is 73.8 Å². The maximum atomic E-state index is 13.5. The lowest BCUT2D eigenvalue weighted by Crippen LogP contribution is -2.19. The first kappa shape index (κ1) is 29.4. The first-order valence-electron chi connectivity index (χ1n) is 13.2. The number of sulfonamides is 1. The van der Waals surface area contributed by atoms with E-state index < -0.39 is 15.3 Å². The van der Waals surface area contributed by atoms with Crippen molar-refractivity contribution in [2.75, 3.05) is 16.6 Å². The van der Waals surface area contributed by atoms with Crippen molar-refractivity contribution >= 4 is 49.8 Å². The molecule has 4 aromatic carbocycles. The van der Waals surface area contributed by atoms with E-state index >= 15 is 0 Å². The smallest absolute Gasteiger partial charge is 0.261 e. The van der Waals surface area contributed by atoms with E-state index in [1.165, 1.54) is 23.1 Å². The van der Waals surface area contributed by atoms with Gasteiger partial charge in [0.05, 0.1) is 17.2 Å². The summed E-state index contributed by atoms with van der Waals surface area (Å²) in [5.74, 6) is 0.590. The number of thioether (sulfide) groups is 1. The van der Waals surface area contributed by atoms with E-state index in [9.17, 15) is 13.2 Å². The monoisotopic (exact) mass is 615 g/mol. The van der Waals surface area contributed by atoms with Gasteiger partial charge >= 0.3 is 0 Å². The summed E-state index contributed by atoms with van der Waals surface area (Å²) in [5.41, 5.74) is 3.96. The predicted molar refractivity (Wildman–Crippen MR) is 171 cm³/mol. The third kappa shape index (κ3) is 7.39. The van der Waals surface area contributed by atoms with Crippen molar-refractivity contribution < 1.29 is 17.9 Å². The number of hydrogen-bond donors (Lipinski definition) is 2. The minimum absolute atomic E-state index is 0.195. The van der Waals surface area contributed by atoms with Crippen molar-refractivity contribution in [1.29, 1.82) is 0 Å². The summed E-state index contributed by atoms with van der Waals surface area (Å²) in [6, 6.07) is 30.9. The third-order valence-electron chi connectivity index (χ3n) is 6.23. The zero-order chi connectivity index (χ0) is 29.5. The van der Waals surface area contributed by atoms with Gasteiger partial charge in [0.15, 0.2) is 5.13 Å². The van der Waals surface area contributed by atoms with Crippen LogP contribution in [-0.4, -0.2) is 25.9 Å². The SMILES string of the molecule is CCOc1ccc(-c2csc(NC(=O)C(Sc3ccc(NS(=O)(=O)c4ccc(C)cc4)cc3)c3ccccc3)n2)cc1. The fourth-order valence-corrected chi connectivity index (χ4v) is 6.90. The molecule has 0 aliphatic rings. The maximum absolute atomic E-state index is 13.5. The molecule has 0 aliphatic carbocycles. The summed E-state index contributed by atoms with van der Waals surface area (Å²) in [7, 11) is -3.71. The molecule has 0 spiro atoms. The molecule has 1 amide bonds. The van der Waals surface area contributed by atoms with Crippen LogP contribution in [0, 0.1) is 6.92 Å². The van der Waals surface area contributed by atoms with Crippen molar-refractivity contribution in [3.8, 4) is 17.0 Å². The van der Waals surface area contributed by atoms with Gasteiger partial charge in [0.1, 0.15) is 11.0 Å². The van der Waals surface area contributed by atoms with E-state index in [4.69, 9.17) is 4.74 Å². The molecule has 1 unspecified atom stereocenters. The number of anilines is 2. The molecule has 5 rings (SSSR count). The lowest BCUT2D eigenvalue weighted by molar-refractivity contribution is -0.115. The molecular weight excluding hydrogens is 587 g/mol.